The van der Waals surface area contributed by atoms with Crippen LogP contribution in [0.4, 0.5) is 10.1 Å². The summed E-state index contributed by atoms with van der Waals surface area (Å²) < 4.78 is 42.7. The van der Waals surface area contributed by atoms with Gasteiger partial charge >= 0.3 is 0 Å². The molecule has 0 bridgehead atoms. The van der Waals surface area contributed by atoms with Crippen molar-refractivity contribution in [3.63, 3.8) is 0 Å². The first-order valence-corrected chi connectivity index (χ1v) is 12.3. The molecule has 1 N–H and O–H groups in total. The predicted molar refractivity (Wildman–Crippen MR) is 126 cm³/mol. The zero-order valence-corrected chi connectivity index (χ0v) is 19.3. The smallest absolute Gasteiger partial charge is 0.265 e. The third-order valence-corrected chi connectivity index (χ3v) is 8.24. The van der Waals surface area contributed by atoms with Gasteiger partial charge in [-0.2, -0.15) is 0 Å². The van der Waals surface area contributed by atoms with Gasteiger partial charge in [0.2, 0.25) is 0 Å². The zero-order valence-electron chi connectivity index (χ0n) is 17.7. The quantitative estimate of drug-likeness (QED) is 0.389. The van der Waals surface area contributed by atoms with Crippen LogP contribution in [0.25, 0.3) is 32.8 Å². The van der Waals surface area contributed by atoms with E-state index in [1.54, 1.807) is 41.9 Å². The maximum Gasteiger partial charge on any atom is 0.265 e. The Labute approximate surface area is 190 Å². The van der Waals surface area contributed by atoms with Crippen molar-refractivity contribution in [2.45, 2.75) is 31.1 Å². The number of nitrogens with one attached hydrogen (secondary N) is 1. The minimum absolute atomic E-state index is 0.175. The van der Waals surface area contributed by atoms with Gasteiger partial charge < -0.3 is 0 Å². The summed E-state index contributed by atoms with van der Waals surface area (Å²) in [5.41, 5.74) is 3.75. The van der Waals surface area contributed by atoms with Gasteiger partial charge in [0, 0.05) is 40.1 Å². The lowest BCUT2D eigenvalue weighted by Crippen LogP contribution is -2.20. The summed E-state index contributed by atoms with van der Waals surface area (Å²) in [5, 5.41) is 0.952. The summed E-state index contributed by atoms with van der Waals surface area (Å²) >= 11 is 1.56. The average molecular weight is 466 g/mol. The van der Waals surface area contributed by atoms with Crippen LogP contribution in [0.5, 0.6) is 0 Å². The minimum atomic E-state index is -4.01. The number of thiazole rings is 1. The largest absolute Gasteiger partial charge is 0.279 e. The Morgan fingerprint density at radius 3 is 2.38 bits per heavy atom. The first kappa shape index (κ1) is 20.8. The first-order valence-electron chi connectivity index (χ1n) is 10.0. The fourth-order valence-corrected chi connectivity index (χ4v) is 6.34. The van der Waals surface area contributed by atoms with Gasteiger partial charge in [0.25, 0.3) is 10.0 Å². The summed E-state index contributed by atoms with van der Waals surface area (Å²) in [5.74, 6) is -0.774. The van der Waals surface area contributed by atoms with Gasteiger partial charge in [0.15, 0.2) is 0 Å². The Kier molecular flexibility index (Phi) is 4.69. The molecule has 8 heteroatoms. The van der Waals surface area contributed by atoms with Gasteiger partial charge in [-0.3, -0.25) is 9.71 Å². The maximum absolute atomic E-state index is 14.7. The summed E-state index contributed by atoms with van der Waals surface area (Å²) in [7, 11) is -4.01. The molecule has 3 heterocycles. The van der Waals surface area contributed by atoms with Crippen LogP contribution in [-0.2, 0) is 15.4 Å². The summed E-state index contributed by atoms with van der Waals surface area (Å²) in [6, 6.07) is 13.6. The third kappa shape index (κ3) is 3.30. The van der Waals surface area contributed by atoms with Crippen LogP contribution in [0.2, 0.25) is 0 Å². The molecular formula is C24H20FN3O2S2. The Balaban J connectivity index is 1.84. The number of benzene rings is 2. The van der Waals surface area contributed by atoms with Crippen molar-refractivity contribution in [1.82, 2.24) is 9.97 Å². The van der Waals surface area contributed by atoms with Crippen LogP contribution >= 0.6 is 11.3 Å². The van der Waals surface area contributed by atoms with E-state index >= 15 is 0 Å². The minimum Gasteiger partial charge on any atom is -0.279 e. The average Bonchev–Trinajstić information content (AvgIpc) is 3.19. The molecule has 1 aliphatic heterocycles. The molecule has 5 nitrogen and oxygen atoms in total. The van der Waals surface area contributed by atoms with Gasteiger partial charge in [0.05, 0.1) is 21.3 Å². The van der Waals surface area contributed by atoms with Crippen molar-refractivity contribution in [2.75, 3.05) is 4.72 Å². The lowest BCUT2D eigenvalue weighted by molar-refractivity contribution is 0.570. The van der Waals surface area contributed by atoms with Crippen LogP contribution in [-0.4, -0.2) is 18.4 Å². The van der Waals surface area contributed by atoms with E-state index in [0.717, 1.165) is 26.7 Å². The number of sulfonamides is 1. The highest BCUT2D eigenvalue weighted by Crippen LogP contribution is 2.49. The van der Waals surface area contributed by atoms with Crippen LogP contribution < -0.4 is 4.72 Å². The van der Waals surface area contributed by atoms with E-state index in [1.165, 1.54) is 12.1 Å². The molecule has 0 radical (unpaired) electrons. The number of hydrogen-bond acceptors (Lipinski definition) is 5. The predicted octanol–water partition coefficient (Wildman–Crippen LogP) is 6.09. The molecule has 0 fully saturated rings. The lowest BCUT2D eigenvalue weighted by atomic mass is 9.94. The molecule has 0 spiro atoms. The molecule has 0 saturated heterocycles. The number of fused-ring (bicyclic) bond motifs is 3. The maximum atomic E-state index is 14.7. The number of aromatic nitrogens is 2. The van der Waals surface area contributed by atoms with Gasteiger partial charge in [0.1, 0.15) is 10.7 Å². The van der Waals surface area contributed by atoms with Crippen LogP contribution in [0.15, 0.2) is 65.8 Å². The number of nitrogens with zero attached hydrogens (tertiary/aromatic N) is 2. The van der Waals surface area contributed by atoms with E-state index < -0.39 is 15.8 Å². The second-order valence-electron chi connectivity index (χ2n) is 8.63. The molecule has 0 aliphatic carbocycles. The monoisotopic (exact) mass is 465 g/mol. The number of rotatable bonds is 2. The van der Waals surface area contributed by atoms with Crippen molar-refractivity contribution in [2.24, 2.45) is 0 Å². The van der Waals surface area contributed by atoms with Gasteiger partial charge in [-0.05, 0) is 24.3 Å². The van der Waals surface area contributed by atoms with E-state index in [4.69, 9.17) is 4.98 Å². The zero-order chi connectivity index (χ0) is 22.7. The van der Waals surface area contributed by atoms with E-state index in [0.29, 0.717) is 16.8 Å². The van der Waals surface area contributed by atoms with E-state index in [1.807, 2.05) is 18.2 Å². The Bertz CT molecular complexity index is 1460. The van der Waals surface area contributed by atoms with Crippen LogP contribution in [0, 0.1) is 5.82 Å². The highest BCUT2D eigenvalue weighted by Gasteiger charge is 2.33. The Morgan fingerprint density at radius 1 is 0.969 bits per heavy atom. The van der Waals surface area contributed by atoms with Crippen LogP contribution in [0.3, 0.4) is 0 Å². The molecule has 1 aliphatic rings. The normalized spacial score (nSPS) is 14.4. The van der Waals surface area contributed by atoms with E-state index in [9.17, 15) is 12.8 Å². The van der Waals surface area contributed by atoms with Crippen LogP contribution in [0.1, 0.15) is 25.8 Å². The summed E-state index contributed by atoms with van der Waals surface area (Å²) in [6.07, 6.45) is 3.43. The van der Waals surface area contributed by atoms with Crippen molar-refractivity contribution in [3.8, 4) is 32.8 Å². The standard InChI is InChI=1S/C24H20FN3O2S2/c1-24(2,3)23-27-20(14-10-12-26-13-11-14)21(31-23)15-6-5-9-18-19(15)16-7-4-8-17(25)22(16)32(29,30)28-18/h4-13,28H,1-3H3. The number of anilines is 1. The van der Waals surface area contributed by atoms with E-state index in [2.05, 4.69) is 30.5 Å². The van der Waals surface area contributed by atoms with Gasteiger partial charge in [-0.25, -0.2) is 17.8 Å². The molecule has 4 aromatic rings. The molecule has 162 valence electrons. The van der Waals surface area contributed by atoms with E-state index in [-0.39, 0.29) is 10.3 Å². The first-order chi connectivity index (χ1) is 15.2. The second-order valence-corrected chi connectivity index (χ2v) is 11.3. The SMILES string of the molecule is CC(C)(C)c1nc(-c2ccncc2)c(-c2cccc3c2-c2cccc(F)c2S(=O)(=O)N3)s1. The fourth-order valence-electron chi connectivity index (χ4n) is 3.82. The molecule has 0 unspecified atom stereocenters. The van der Waals surface area contributed by atoms with Gasteiger partial charge in [-0.15, -0.1) is 11.3 Å². The third-order valence-electron chi connectivity index (χ3n) is 5.28. The molecule has 32 heavy (non-hydrogen) atoms. The summed E-state index contributed by atoms with van der Waals surface area (Å²) in [6.45, 7) is 6.31. The highest BCUT2D eigenvalue weighted by atomic mass is 32.2. The number of halogens is 1. The van der Waals surface area contributed by atoms with Crippen molar-refractivity contribution in [1.29, 1.82) is 0 Å². The summed E-state index contributed by atoms with van der Waals surface area (Å²) in [4.78, 5) is 9.64. The van der Waals surface area contributed by atoms with Gasteiger partial charge in [-0.1, -0.05) is 45.0 Å². The number of hydrogen-bond donors (Lipinski definition) is 1. The molecule has 5 rings (SSSR count). The molecule has 0 amide bonds. The number of pyridine rings is 1. The van der Waals surface area contributed by atoms with Crippen molar-refractivity contribution < 1.29 is 12.8 Å². The molecule has 2 aromatic heterocycles. The second kappa shape index (κ2) is 7.21. The molecule has 2 aromatic carbocycles. The highest BCUT2D eigenvalue weighted by molar-refractivity contribution is 7.93. The topological polar surface area (TPSA) is 72.0 Å². The lowest BCUT2D eigenvalue weighted by Gasteiger charge is -2.24. The van der Waals surface area contributed by atoms with Crippen molar-refractivity contribution >= 4 is 27.0 Å². The molecular weight excluding hydrogens is 445 g/mol. The fraction of sp³-hybridized carbons (Fsp3) is 0.167. The molecule has 0 atom stereocenters. The Morgan fingerprint density at radius 2 is 1.66 bits per heavy atom. The Hall–Kier alpha value is -3.10. The van der Waals surface area contributed by atoms with Crippen molar-refractivity contribution in [3.05, 3.63) is 71.7 Å². The molecule has 0 saturated carbocycles.